The molecule has 7 heteroatoms. The van der Waals surface area contributed by atoms with Crippen molar-refractivity contribution in [1.82, 2.24) is 10.3 Å². The number of anilines is 2. The molecule has 0 spiro atoms. The van der Waals surface area contributed by atoms with Crippen LogP contribution < -0.4 is 21.3 Å². The standard InChI is InChI=1S/C19H23N5O2/c20-18(25)16-9-8-14(12-21-16)13-22-19(26)23-15-6-2-3-7-17(15)24-10-4-1-5-11-24/h2-3,6-9,12H,1,4-5,10-11,13H2,(H2,20,25)(H2,22,23,26). The van der Waals surface area contributed by atoms with Crippen molar-refractivity contribution in [3.8, 4) is 0 Å². The number of amides is 3. The Morgan fingerprint density at radius 2 is 1.85 bits per heavy atom. The Morgan fingerprint density at radius 1 is 1.08 bits per heavy atom. The fourth-order valence-electron chi connectivity index (χ4n) is 3.01. The molecule has 3 amide bonds. The van der Waals surface area contributed by atoms with E-state index in [1.165, 1.54) is 25.5 Å². The Labute approximate surface area is 152 Å². The molecule has 1 aliphatic heterocycles. The van der Waals surface area contributed by atoms with Crippen LogP contribution in [0.5, 0.6) is 0 Å². The highest BCUT2D eigenvalue weighted by Gasteiger charge is 2.15. The van der Waals surface area contributed by atoms with Gasteiger partial charge >= 0.3 is 6.03 Å². The van der Waals surface area contributed by atoms with Crippen molar-refractivity contribution < 1.29 is 9.59 Å². The smallest absolute Gasteiger partial charge is 0.319 e. The average Bonchev–Trinajstić information content (AvgIpc) is 2.68. The Kier molecular flexibility index (Phi) is 5.68. The van der Waals surface area contributed by atoms with Gasteiger partial charge < -0.3 is 21.3 Å². The van der Waals surface area contributed by atoms with Crippen LogP contribution in [0.15, 0.2) is 42.6 Å². The van der Waals surface area contributed by atoms with E-state index in [4.69, 9.17) is 5.73 Å². The summed E-state index contributed by atoms with van der Waals surface area (Å²) in [7, 11) is 0. The molecule has 26 heavy (non-hydrogen) atoms. The number of hydrogen-bond donors (Lipinski definition) is 3. The lowest BCUT2D eigenvalue weighted by molar-refractivity contribution is 0.0995. The molecule has 0 saturated carbocycles. The maximum absolute atomic E-state index is 12.3. The molecular weight excluding hydrogens is 330 g/mol. The summed E-state index contributed by atoms with van der Waals surface area (Å²) in [6.45, 7) is 2.33. The van der Waals surface area contributed by atoms with E-state index in [0.29, 0.717) is 6.54 Å². The largest absolute Gasteiger partial charge is 0.370 e. The number of rotatable bonds is 5. The second-order valence-corrected chi connectivity index (χ2v) is 6.29. The SMILES string of the molecule is NC(=O)c1ccc(CNC(=O)Nc2ccccc2N2CCCCC2)cn1. The van der Waals surface area contributed by atoms with Crippen molar-refractivity contribution in [1.29, 1.82) is 0 Å². The molecule has 4 N–H and O–H groups in total. The van der Waals surface area contributed by atoms with Crippen LogP contribution in [0.3, 0.4) is 0 Å². The molecule has 1 saturated heterocycles. The summed E-state index contributed by atoms with van der Waals surface area (Å²) in [6.07, 6.45) is 5.14. The monoisotopic (exact) mass is 353 g/mol. The second-order valence-electron chi connectivity index (χ2n) is 6.29. The predicted molar refractivity (Wildman–Crippen MR) is 101 cm³/mol. The number of urea groups is 1. The summed E-state index contributed by atoms with van der Waals surface area (Å²) in [6, 6.07) is 10.8. The summed E-state index contributed by atoms with van der Waals surface area (Å²) in [5.74, 6) is -0.573. The van der Waals surface area contributed by atoms with Crippen molar-refractivity contribution in [3.63, 3.8) is 0 Å². The van der Waals surface area contributed by atoms with Crippen LogP contribution in [-0.4, -0.2) is 30.0 Å². The number of hydrogen-bond acceptors (Lipinski definition) is 4. The van der Waals surface area contributed by atoms with Gasteiger partial charge in [-0.15, -0.1) is 0 Å². The van der Waals surface area contributed by atoms with Crippen LogP contribution in [0.25, 0.3) is 0 Å². The molecule has 0 radical (unpaired) electrons. The zero-order valence-electron chi connectivity index (χ0n) is 14.6. The van der Waals surface area contributed by atoms with Crippen molar-refractivity contribution in [2.75, 3.05) is 23.3 Å². The lowest BCUT2D eigenvalue weighted by Crippen LogP contribution is -2.32. The van der Waals surface area contributed by atoms with Gasteiger partial charge in [0, 0.05) is 25.8 Å². The first kappa shape index (κ1) is 17.7. The summed E-state index contributed by atoms with van der Waals surface area (Å²) < 4.78 is 0. The first-order valence-electron chi connectivity index (χ1n) is 8.77. The highest BCUT2D eigenvalue weighted by atomic mass is 16.2. The van der Waals surface area contributed by atoms with Crippen molar-refractivity contribution >= 4 is 23.3 Å². The van der Waals surface area contributed by atoms with Gasteiger partial charge in [0.25, 0.3) is 5.91 Å². The van der Waals surface area contributed by atoms with Gasteiger partial charge in [0.15, 0.2) is 0 Å². The summed E-state index contributed by atoms with van der Waals surface area (Å²) >= 11 is 0. The van der Waals surface area contributed by atoms with Gasteiger partial charge in [0.05, 0.1) is 11.4 Å². The molecule has 2 aromatic rings. The zero-order valence-corrected chi connectivity index (χ0v) is 14.6. The predicted octanol–water partition coefficient (Wildman–Crippen LogP) is 2.49. The lowest BCUT2D eigenvalue weighted by Gasteiger charge is -2.30. The van der Waals surface area contributed by atoms with Crippen LogP contribution in [-0.2, 0) is 6.54 Å². The molecule has 0 atom stereocenters. The van der Waals surface area contributed by atoms with Crippen LogP contribution in [0.1, 0.15) is 35.3 Å². The van der Waals surface area contributed by atoms with Gasteiger partial charge in [-0.1, -0.05) is 18.2 Å². The molecule has 1 fully saturated rings. The number of nitrogens with one attached hydrogen (secondary N) is 2. The number of carbonyl (C=O) groups excluding carboxylic acids is 2. The maximum atomic E-state index is 12.3. The van der Waals surface area contributed by atoms with Gasteiger partial charge in [0.2, 0.25) is 0 Å². The minimum absolute atomic E-state index is 0.202. The third-order valence-corrected chi connectivity index (χ3v) is 4.38. The van der Waals surface area contributed by atoms with Gasteiger partial charge in [-0.2, -0.15) is 0 Å². The van der Waals surface area contributed by atoms with Crippen LogP contribution in [0.2, 0.25) is 0 Å². The number of benzene rings is 1. The first-order valence-corrected chi connectivity index (χ1v) is 8.77. The number of para-hydroxylation sites is 2. The van der Waals surface area contributed by atoms with Gasteiger partial charge in [-0.3, -0.25) is 9.78 Å². The number of primary amides is 1. The lowest BCUT2D eigenvalue weighted by atomic mass is 10.1. The topological polar surface area (TPSA) is 100 Å². The van der Waals surface area contributed by atoms with E-state index >= 15 is 0 Å². The molecule has 0 unspecified atom stereocenters. The van der Waals surface area contributed by atoms with Gasteiger partial charge in [-0.05, 0) is 43.0 Å². The maximum Gasteiger partial charge on any atom is 0.319 e. The number of carbonyl (C=O) groups is 2. The summed E-state index contributed by atoms with van der Waals surface area (Å²) in [5.41, 5.74) is 8.00. The van der Waals surface area contributed by atoms with Crippen molar-refractivity contribution in [3.05, 3.63) is 53.9 Å². The first-order chi connectivity index (χ1) is 12.6. The molecule has 2 heterocycles. The van der Waals surface area contributed by atoms with Crippen molar-refractivity contribution in [2.24, 2.45) is 5.73 Å². The molecule has 1 aromatic carbocycles. The minimum Gasteiger partial charge on any atom is -0.370 e. The molecule has 3 rings (SSSR count). The number of nitrogens with zero attached hydrogens (tertiary/aromatic N) is 2. The van der Waals surface area contributed by atoms with E-state index in [1.54, 1.807) is 12.1 Å². The highest BCUT2D eigenvalue weighted by molar-refractivity contribution is 5.93. The van der Waals surface area contributed by atoms with E-state index in [9.17, 15) is 9.59 Å². The fourth-order valence-corrected chi connectivity index (χ4v) is 3.01. The molecule has 0 aliphatic carbocycles. The fraction of sp³-hybridized carbons (Fsp3) is 0.316. The summed E-state index contributed by atoms with van der Waals surface area (Å²) in [5, 5.41) is 5.72. The molecule has 1 aromatic heterocycles. The number of nitrogens with two attached hydrogens (primary N) is 1. The van der Waals surface area contributed by atoms with Crippen LogP contribution in [0.4, 0.5) is 16.2 Å². The van der Waals surface area contributed by atoms with E-state index in [-0.39, 0.29) is 11.7 Å². The molecule has 7 nitrogen and oxygen atoms in total. The highest BCUT2D eigenvalue weighted by Crippen LogP contribution is 2.28. The third-order valence-electron chi connectivity index (χ3n) is 4.38. The normalized spacial score (nSPS) is 13.9. The number of aromatic nitrogens is 1. The molecule has 1 aliphatic rings. The van der Waals surface area contributed by atoms with Crippen LogP contribution in [0, 0.1) is 0 Å². The summed E-state index contributed by atoms with van der Waals surface area (Å²) in [4.78, 5) is 29.6. The molecule has 0 bridgehead atoms. The van der Waals surface area contributed by atoms with E-state index in [1.807, 2.05) is 24.3 Å². The zero-order chi connectivity index (χ0) is 18.4. The quantitative estimate of drug-likeness (QED) is 0.769. The van der Waals surface area contributed by atoms with E-state index in [2.05, 4.69) is 20.5 Å². The third kappa shape index (κ3) is 4.50. The minimum atomic E-state index is -0.573. The van der Waals surface area contributed by atoms with E-state index in [0.717, 1.165) is 30.0 Å². The Bertz CT molecular complexity index is 770. The molecular formula is C19H23N5O2. The van der Waals surface area contributed by atoms with Crippen molar-refractivity contribution in [2.45, 2.75) is 25.8 Å². The Morgan fingerprint density at radius 3 is 2.54 bits per heavy atom. The van der Waals surface area contributed by atoms with Gasteiger partial charge in [0.1, 0.15) is 5.69 Å². The van der Waals surface area contributed by atoms with E-state index < -0.39 is 5.91 Å². The molecule has 136 valence electrons. The average molecular weight is 353 g/mol. The van der Waals surface area contributed by atoms with Gasteiger partial charge in [-0.25, -0.2) is 4.79 Å². The number of pyridine rings is 1. The van der Waals surface area contributed by atoms with Crippen LogP contribution >= 0.6 is 0 Å². The Balaban J connectivity index is 1.59. The second kappa shape index (κ2) is 8.33. The Hall–Kier alpha value is -3.09. The number of piperidine rings is 1.